The SMILES string of the molecule is CCCCC(=O)N(Cc1ccc(-c2ccccc2-c2nn[nH]n2)cc1)[C@H](C(=O)O)C(C)C.COCCCOc1cc(C[C@@H](C[C@H](N)[C@@H](O)C[C@@H](C(=O)NCC(C)(C)C(N)=O)C(C)C)C(C)C)ccc1OC. The van der Waals surface area contributed by atoms with Gasteiger partial charge in [0.2, 0.25) is 23.5 Å². The van der Waals surface area contributed by atoms with Gasteiger partial charge in [0, 0.05) is 57.2 Å². The zero-order valence-electron chi connectivity index (χ0n) is 43.9. The fourth-order valence-electron chi connectivity index (χ4n) is 8.17. The first-order chi connectivity index (χ1) is 33.6. The Hall–Kier alpha value is -5.91. The molecule has 5 atom stereocenters. The van der Waals surface area contributed by atoms with E-state index in [4.69, 9.17) is 25.7 Å². The lowest BCUT2D eigenvalue weighted by Crippen LogP contribution is -2.47. The number of primary amides is 1. The molecule has 17 heteroatoms. The molecule has 0 aliphatic carbocycles. The Morgan fingerprint density at radius 3 is 2.06 bits per heavy atom. The van der Waals surface area contributed by atoms with Crippen LogP contribution in [0.1, 0.15) is 112 Å². The summed E-state index contributed by atoms with van der Waals surface area (Å²) >= 11 is 0. The number of carboxylic acid groups (broad SMARTS) is 1. The van der Waals surface area contributed by atoms with E-state index in [0.29, 0.717) is 49.3 Å². The van der Waals surface area contributed by atoms with E-state index in [2.05, 4.69) is 39.8 Å². The number of carbonyl (C=O) groups is 4. The van der Waals surface area contributed by atoms with Crippen molar-refractivity contribution < 1.29 is 43.6 Å². The van der Waals surface area contributed by atoms with Crippen LogP contribution in [0.3, 0.4) is 0 Å². The van der Waals surface area contributed by atoms with Crippen molar-refractivity contribution in [3.63, 3.8) is 0 Å². The third kappa shape index (κ3) is 18.7. The molecule has 0 aliphatic rings. The second-order valence-corrected chi connectivity index (χ2v) is 20.0. The Balaban J connectivity index is 0.000000382. The van der Waals surface area contributed by atoms with Crippen molar-refractivity contribution in [1.29, 1.82) is 0 Å². The van der Waals surface area contributed by atoms with Crippen LogP contribution in [0.2, 0.25) is 0 Å². The van der Waals surface area contributed by atoms with Crippen LogP contribution in [-0.4, -0.2) is 112 Å². The number of benzene rings is 3. The number of aliphatic carboxylic acids is 1. The highest BCUT2D eigenvalue weighted by Crippen LogP contribution is 2.33. The normalized spacial score (nSPS) is 13.7. The average Bonchev–Trinajstić information content (AvgIpc) is 3.88. The second-order valence-electron chi connectivity index (χ2n) is 20.0. The Morgan fingerprint density at radius 2 is 1.51 bits per heavy atom. The Bertz CT molecular complexity index is 2230. The van der Waals surface area contributed by atoms with Crippen molar-refractivity contribution in [2.45, 2.75) is 132 Å². The summed E-state index contributed by atoms with van der Waals surface area (Å²) in [5.74, 6) is 0.00796. The van der Waals surface area contributed by atoms with Gasteiger partial charge in [0.1, 0.15) is 6.04 Å². The van der Waals surface area contributed by atoms with Gasteiger partial charge in [-0.05, 0) is 103 Å². The van der Waals surface area contributed by atoms with Gasteiger partial charge in [-0.3, -0.25) is 14.4 Å². The maximum absolute atomic E-state index is 12.9. The number of rotatable bonds is 29. The van der Waals surface area contributed by atoms with Crippen molar-refractivity contribution in [1.82, 2.24) is 30.8 Å². The highest BCUT2D eigenvalue weighted by atomic mass is 16.5. The molecular formula is C54H82N8O9. The number of nitrogens with two attached hydrogens (primary N) is 2. The molecule has 0 saturated heterocycles. The third-order valence-electron chi connectivity index (χ3n) is 12.9. The molecule has 0 unspecified atom stereocenters. The van der Waals surface area contributed by atoms with Crippen molar-refractivity contribution in [3.8, 4) is 34.0 Å². The number of ether oxygens (including phenoxy) is 3. The smallest absolute Gasteiger partial charge is 0.326 e. The molecule has 0 fully saturated rings. The lowest BCUT2D eigenvalue weighted by Gasteiger charge is -2.32. The number of aliphatic hydroxyl groups excluding tert-OH is 1. The molecule has 71 heavy (non-hydrogen) atoms. The van der Waals surface area contributed by atoms with Crippen LogP contribution in [0, 0.1) is 35.0 Å². The summed E-state index contributed by atoms with van der Waals surface area (Å²) in [7, 11) is 3.29. The predicted molar refractivity (Wildman–Crippen MR) is 276 cm³/mol. The summed E-state index contributed by atoms with van der Waals surface area (Å²) in [6.07, 6.45) is 3.53. The lowest BCUT2D eigenvalue weighted by molar-refractivity contribution is -0.153. The molecule has 3 amide bonds. The zero-order valence-corrected chi connectivity index (χ0v) is 43.9. The van der Waals surface area contributed by atoms with E-state index >= 15 is 0 Å². The molecule has 392 valence electrons. The van der Waals surface area contributed by atoms with Crippen molar-refractivity contribution in [2.75, 3.05) is 34.0 Å². The van der Waals surface area contributed by atoms with Crippen LogP contribution < -0.4 is 26.3 Å². The first kappa shape index (κ1) is 59.4. The Kier molecular flexibility index (Phi) is 24.6. The molecule has 4 rings (SSSR count). The summed E-state index contributed by atoms with van der Waals surface area (Å²) in [6, 6.07) is 20.2. The summed E-state index contributed by atoms with van der Waals surface area (Å²) in [6.45, 7) is 18.8. The number of aliphatic hydroxyl groups is 1. The number of methoxy groups -OCH3 is 2. The first-order valence-corrected chi connectivity index (χ1v) is 24.9. The summed E-state index contributed by atoms with van der Waals surface area (Å²) in [4.78, 5) is 50.8. The van der Waals surface area contributed by atoms with Crippen molar-refractivity contribution in [3.05, 3.63) is 77.9 Å². The minimum absolute atomic E-state index is 0.00829. The Labute approximate surface area is 421 Å². The van der Waals surface area contributed by atoms with Crippen LogP contribution in [0.15, 0.2) is 66.7 Å². The van der Waals surface area contributed by atoms with Gasteiger partial charge in [-0.1, -0.05) is 109 Å². The second kappa shape index (κ2) is 29.4. The monoisotopic (exact) mass is 987 g/mol. The number of aromatic nitrogens is 4. The van der Waals surface area contributed by atoms with E-state index in [1.807, 2.05) is 101 Å². The van der Waals surface area contributed by atoms with Gasteiger partial charge < -0.3 is 46.1 Å². The number of H-pyrrole nitrogens is 1. The maximum atomic E-state index is 12.9. The predicted octanol–water partition coefficient (Wildman–Crippen LogP) is 7.46. The van der Waals surface area contributed by atoms with E-state index in [9.17, 15) is 29.4 Å². The van der Waals surface area contributed by atoms with Gasteiger partial charge in [-0.2, -0.15) is 5.21 Å². The number of hydrogen-bond donors (Lipinski definition) is 6. The average molecular weight is 987 g/mol. The number of unbranched alkanes of at least 4 members (excludes halogenated alkanes) is 1. The largest absolute Gasteiger partial charge is 0.493 e. The van der Waals surface area contributed by atoms with Crippen LogP contribution in [0.25, 0.3) is 22.5 Å². The third-order valence-corrected chi connectivity index (χ3v) is 12.9. The molecule has 0 radical (unpaired) electrons. The molecule has 3 aromatic carbocycles. The van der Waals surface area contributed by atoms with Crippen LogP contribution in [-0.2, 0) is 36.9 Å². The van der Waals surface area contributed by atoms with Gasteiger partial charge in [-0.25, -0.2) is 4.79 Å². The number of carboxylic acids is 1. The van der Waals surface area contributed by atoms with Gasteiger partial charge >= 0.3 is 5.97 Å². The summed E-state index contributed by atoms with van der Waals surface area (Å²) in [5.41, 5.74) is 15.9. The van der Waals surface area contributed by atoms with Crippen LogP contribution in [0.4, 0.5) is 0 Å². The lowest BCUT2D eigenvalue weighted by atomic mass is 9.80. The number of carbonyl (C=O) groups excluding carboxylic acids is 3. The molecule has 4 aromatic rings. The fourth-order valence-corrected chi connectivity index (χ4v) is 8.17. The molecule has 0 bridgehead atoms. The Morgan fingerprint density at radius 1 is 0.845 bits per heavy atom. The van der Waals surface area contributed by atoms with Gasteiger partial charge in [0.25, 0.3) is 0 Å². The minimum Gasteiger partial charge on any atom is -0.493 e. The topological polar surface area (TPSA) is 258 Å². The van der Waals surface area contributed by atoms with Crippen molar-refractivity contribution >= 4 is 23.7 Å². The summed E-state index contributed by atoms with van der Waals surface area (Å²) < 4.78 is 16.5. The molecule has 1 heterocycles. The number of nitrogens with one attached hydrogen (secondary N) is 2. The quantitative estimate of drug-likeness (QED) is 0.0289. The fraction of sp³-hybridized carbons (Fsp3) is 0.574. The molecule has 8 N–H and O–H groups in total. The highest BCUT2D eigenvalue weighted by Gasteiger charge is 2.34. The van der Waals surface area contributed by atoms with Gasteiger partial charge in [-0.15, -0.1) is 10.2 Å². The van der Waals surface area contributed by atoms with Crippen LogP contribution >= 0.6 is 0 Å². The highest BCUT2D eigenvalue weighted by molar-refractivity contribution is 5.84. The first-order valence-electron chi connectivity index (χ1n) is 24.9. The standard InChI is InChI=1S/C30H53N3O6.C24H29N5O3/c1-19(2)22(14-21-10-11-26(38-8)27(15-21)39-13-9-12-37-7)16-24(31)25(34)17-23(20(3)4)28(35)33-18-30(5,6)29(32)36;1-4-5-10-21(30)29(22(16(2)3)24(31)32)15-17-11-13-18(14-12-17)19-8-6-7-9-20(19)23-25-27-28-26-23/h10-11,15,19-20,22-25,34H,9,12-14,16-18,31H2,1-8H3,(H2,32,36)(H,33,35);6-9,11-14,16,22H,4-5,10,15H2,1-3H3,(H,31,32)(H,25,26,27,28)/t22-,23+,24-,25-;22-/m00/s1. The van der Waals surface area contributed by atoms with Gasteiger partial charge in [0.15, 0.2) is 11.5 Å². The molecule has 1 aromatic heterocycles. The van der Waals surface area contributed by atoms with E-state index in [1.165, 1.54) is 4.90 Å². The molecule has 0 aliphatic heterocycles. The number of nitrogens with zero attached hydrogens (tertiary/aromatic N) is 4. The number of hydrogen-bond acceptors (Lipinski definition) is 12. The number of aromatic amines is 1. The van der Waals surface area contributed by atoms with Crippen molar-refractivity contribution in [2.24, 2.45) is 46.5 Å². The zero-order chi connectivity index (χ0) is 52.8. The van der Waals surface area contributed by atoms with Gasteiger partial charge in [0.05, 0.1) is 25.2 Å². The van der Waals surface area contributed by atoms with E-state index in [0.717, 1.165) is 53.5 Å². The summed E-state index contributed by atoms with van der Waals surface area (Å²) in [5, 5.41) is 37.9. The number of amides is 3. The molecule has 0 spiro atoms. The van der Waals surface area contributed by atoms with E-state index in [-0.39, 0.29) is 49.1 Å². The van der Waals surface area contributed by atoms with E-state index in [1.54, 1.807) is 28.1 Å². The molecule has 0 saturated carbocycles. The molecular weight excluding hydrogens is 905 g/mol. The number of tetrazole rings is 1. The minimum atomic E-state index is -0.976. The molecule has 17 nitrogen and oxygen atoms in total. The maximum Gasteiger partial charge on any atom is 0.326 e. The van der Waals surface area contributed by atoms with Crippen LogP contribution in [0.5, 0.6) is 11.5 Å². The van der Waals surface area contributed by atoms with E-state index < -0.39 is 41.4 Å².